The van der Waals surface area contributed by atoms with Gasteiger partial charge in [0.05, 0.1) is 12.7 Å². The van der Waals surface area contributed by atoms with E-state index in [1.165, 1.54) is 7.11 Å². The lowest BCUT2D eigenvalue weighted by Gasteiger charge is -2.06. The summed E-state index contributed by atoms with van der Waals surface area (Å²) in [6.07, 6.45) is 1.56. The smallest absolute Gasteiger partial charge is 0.336 e. The predicted molar refractivity (Wildman–Crippen MR) is 80.0 cm³/mol. The molecule has 0 atom stereocenters. The highest BCUT2D eigenvalue weighted by Gasteiger charge is 2.12. The number of methoxy groups -OCH3 is 1. The van der Waals surface area contributed by atoms with Crippen molar-refractivity contribution in [1.29, 1.82) is 0 Å². The van der Waals surface area contributed by atoms with Crippen molar-refractivity contribution >= 4 is 29.2 Å². The Morgan fingerprint density at radius 3 is 2.60 bits per heavy atom. The molecule has 102 valence electrons. The Labute approximate surface area is 122 Å². The molecule has 0 aliphatic heterocycles. The fourth-order valence-electron chi connectivity index (χ4n) is 1.81. The lowest BCUT2D eigenvalue weighted by molar-refractivity contribution is -0.130. The van der Waals surface area contributed by atoms with Crippen LogP contribution in [0.3, 0.4) is 0 Å². The number of aliphatic carboxylic acids is 1. The van der Waals surface area contributed by atoms with Crippen molar-refractivity contribution in [2.24, 2.45) is 0 Å². The maximum atomic E-state index is 11.5. The van der Waals surface area contributed by atoms with Crippen molar-refractivity contribution in [2.75, 3.05) is 7.11 Å². The second-order valence-corrected chi connectivity index (χ2v) is 4.52. The molecule has 20 heavy (non-hydrogen) atoms. The Balaban J connectivity index is 2.51. The minimum Gasteiger partial charge on any atom is -0.497 e. The summed E-state index contributed by atoms with van der Waals surface area (Å²) in [5, 5.41) is 9.90. The van der Waals surface area contributed by atoms with Crippen LogP contribution in [0.1, 0.15) is 11.1 Å². The molecule has 0 bridgehead atoms. The molecular weight excluding hydrogens is 276 g/mol. The highest BCUT2D eigenvalue weighted by atomic mass is 35.5. The molecule has 0 radical (unpaired) electrons. The molecule has 0 fully saturated rings. The van der Waals surface area contributed by atoms with Crippen molar-refractivity contribution in [2.45, 2.75) is 0 Å². The minimum absolute atomic E-state index is 0.164. The topological polar surface area (TPSA) is 46.5 Å². The van der Waals surface area contributed by atoms with E-state index in [-0.39, 0.29) is 5.57 Å². The number of carboxylic acid groups (broad SMARTS) is 1. The van der Waals surface area contributed by atoms with E-state index in [1.54, 1.807) is 48.5 Å². The maximum Gasteiger partial charge on any atom is 0.336 e. The van der Waals surface area contributed by atoms with Gasteiger partial charge >= 0.3 is 5.97 Å². The molecule has 0 heterocycles. The van der Waals surface area contributed by atoms with E-state index in [4.69, 9.17) is 16.3 Å². The zero-order chi connectivity index (χ0) is 14.5. The minimum atomic E-state index is -1.02. The summed E-state index contributed by atoms with van der Waals surface area (Å²) in [5.74, 6) is -0.410. The standard InChI is InChI=1S/C16H13ClO3/c1-20-13-7-4-6-11(9-13)14(16(18)19)10-12-5-2-3-8-15(12)17/h2-10H,1H3,(H,18,19)/b14-10-. The molecule has 2 aromatic carbocycles. The average molecular weight is 289 g/mol. The zero-order valence-corrected chi connectivity index (χ0v) is 11.6. The third-order valence-corrected chi connectivity index (χ3v) is 3.16. The van der Waals surface area contributed by atoms with Gasteiger partial charge < -0.3 is 9.84 Å². The van der Waals surface area contributed by atoms with Crippen molar-refractivity contribution < 1.29 is 14.6 Å². The normalized spacial score (nSPS) is 11.2. The van der Waals surface area contributed by atoms with E-state index >= 15 is 0 Å². The molecule has 2 rings (SSSR count). The van der Waals surface area contributed by atoms with Gasteiger partial charge in [-0.15, -0.1) is 0 Å². The first-order valence-corrected chi connectivity index (χ1v) is 6.33. The summed E-state index contributed by atoms with van der Waals surface area (Å²) < 4.78 is 5.11. The highest BCUT2D eigenvalue weighted by Crippen LogP contribution is 2.25. The van der Waals surface area contributed by atoms with Crippen LogP contribution in [0.2, 0.25) is 5.02 Å². The van der Waals surface area contributed by atoms with Gasteiger partial charge in [-0.1, -0.05) is 41.9 Å². The van der Waals surface area contributed by atoms with Crippen LogP contribution in [0.5, 0.6) is 5.75 Å². The van der Waals surface area contributed by atoms with Crippen LogP contribution < -0.4 is 4.74 Å². The van der Waals surface area contributed by atoms with Crippen molar-refractivity contribution in [3.8, 4) is 5.75 Å². The van der Waals surface area contributed by atoms with Gasteiger partial charge in [-0.2, -0.15) is 0 Å². The molecule has 2 aromatic rings. The van der Waals surface area contributed by atoms with Crippen LogP contribution in [0.4, 0.5) is 0 Å². The molecule has 0 spiro atoms. The Hall–Kier alpha value is -2.26. The summed E-state index contributed by atoms with van der Waals surface area (Å²) in [5.41, 5.74) is 1.39. The van der Waals surface area contributed by atoms with Gasteiger partial charge in [0.25, 0.3) is 0 Å². The van der Waals surface area contributed by atoms with Gasteiger partial charge in [0.2, 0.25) is 0 Å². The van der Waals surface area contributed by atoms with E-state index in [0.29, 0.717) is 21.9 Å². The molecule has 0 aliphatic carbocycles. The lowest BCUT2D eigenvalue weighted by Crippen LogP contribution is -2.00. The molecule has 0 aromatic heterocycles. The fourth-order valence-corrected chi connectivity index (χ4v) is 2.00. The Morgan fingerprint density at radius 1 is 1.20 bits per heavy atom. The summed E-state index contributed by atoms with van der Waals surface area (Å²) in [7, 11) is 1.54. The quantitative estimate of drug-likeness (QED) is 0.684. The first-order valence-electron chi connectivity index (χ1n) is 5.96. The monoisotopic (exact) mass is 288 g/mol. The van der Waals surface area contributed by atoms with Gasteiger partial charge in [-0.05, 0) is 35.4 Å². The molecule has 0 unspecified atom stereocenters. The highest BCUT2D eigenvalue weighted by molar-refractivity contribution is 6.33. The van der Waals surface area contributed by atoms with Gasteiger partial charge in [0.1, 0.15) is 5.75 Å². The van der Waals surface area contributed by atoms with E-state index in [0.717, 1.165) is 0 Å². The molecule has 3 nitrogen and oxygen atoms in total. The van der Waals surface area contributed by atoms with E-state index in [1.807, 2.05) is 6.07 Å². The summed E-state index contributed by atoms with van der Waals surface area (Å²) in [4.78, 5) is 11.5. The summed E-state index contributed by atoms with van der Waals surface area (Å²) >= 11 is 6.06. The lowest BCUT2D eigenvalue weighted by atomic mass is 10.0. The fraction of sp³-hybridized carbons (Fsp3) is 0.0625. The number of rotatable bonds is 4. The Bertz CT molecular complexity index is 662. The van der Waals surface area contributed by atoms with Crippen LogP contribution in [0.15, 0.2) is 48.5 Å². The molecule has 0 saturated carbocycles. The second-order valence-electron chi connectivity index (χ2n) is 4.12. The first-order chi connectivity index (χ1) is 9.61. The number of halogens is 1. The molecule has 1 N–H and O–H groups in total. The van der Waals surface area contributed by atoms with Crippen LogP contribution >= 0.6 is 11.6 Å². The van der Waals surface area contributed by atoms with Crippen molar-refractivity contribution in [3.05, 3.63) is 64.7 Å². The number of carbonyl (C=O) groups is 1. The van der Waals surface area contributed by atoms with Crippen LogP contribution in [-0.4, -0.2) is 18.2 Å². The van der Waals surface area contributed by atoms with Crippen molar-refractivity contribution in [1.82, 2.24) is 0 Å². The number of ether oxygens (including phenoxy) is 1. The van der Waals surface area contributed by atoms with Crippen LogP contribution in [0, 0.1) is 0 Å². The van der Waals surface area contributed by atoms with E-state index in [9.17, 15) is 9.90 Å². The molecule has 0 amide bonds. The number of hydrogen-bond donors (Lipinski definition) is 1. The van der Waals surface area contributed by atoms with Gasteiger partial charge in [0.15, 0.2) is 0 Å². The average Bonchev–Trinajstić information content (AvgIpc) is 2.46. The molecule has 0 saturated heterocycles. The Morgan fingerprint density at radius 2 is 1.95 bits per heavy atom. The molecule has 4 heteroatoms. The SMILES string of the molecule is COc1cccc(/C(=C/c2ccccc2Cl)C(=O)O)c1. The first kappa shape index (κ1) is 14.2. The molecule has 0 aliphatic rings. The summed E-state index contributed by atoms with van der Waals surface area (Å²) in [6.45, 7) is 0. The van der Waals surface area contributed by atoms with E-state index in [2.05, 4.69) is 0 Å². The van der Waals surface area contributed by atoms with E-state index < -0.39 is 5.97 Å². The number of carboxylic acids is 1. The van der Waals surface area contributed by atoms with Gasteiger partial charge in [-0.25, -0.2) is 4.79 Å². The third kappa shape index (κ3) is 3.19. The number of hydrogen-bond acceptors (Lipinski definition) is 2. The van der Waals surface area contributed by atoms with Crippen LogP contribution in [0.25, 0.3) is 11.6 Å². The largest absolute Gasteiger partial charge is 0.497 e. The maximum absolute atomic E-state index is 11.5. The predicted octanol–water partition coefficient (Wildman–Crippen LogP) is 3.97. The Kier molecular flexibility index (Phi) is 4.43. The zero-order valence-electron chi connectivity index (χ0n) is 10.8. The van der Waals surface area contributed by atoms with Gasteiger partial charge in [-0.3, -0.25) is 0 Å². The second kappa shape index (κ2) is 6.26. The molecular formula is C16H13ClO3. The van der Waals surface area contributed by atoms with Gasteiger partial charge in [0, 0.05) is 5.02 Å². The third-order valence-electron chi connectivity index (χ3n) is 2.82. The van der Waals surface area contributed by atoms with Crippen molar-refractivity contribution in [3.63, 3.8) is 0 Å². The van der Waals surface area contributed by atoms with Crippen LogP contribution in [-0.2, 0) is 4.79 Å². The number of benzene rings is 2. The summed E-state index contributed by atoms with van der Waals surface area (Å²) in [6, 6.07) is 14.0.